The van der Waals surface area contributed by atoms with Crippen molar-refractivity contribution in [2.24, 2.45) is 0 Å². The third-order valence-corrected chi connectivity index (χ3v) is 3.82. The lowest BCUT2D eigenvalue weighted by Crippen LogP contribution is -2.30. The number of esters is 1. The van der Waals surface area contributed by atoms with Gasteiger partial charge in [0.15, 0.2) is 0 Å². The van der Waals surface area contributed by atoms with Gasteiger partial charge in [0.2, 0.25) is 15.8 Å². The van der Waals surface area contributed by atoms with E-state index in [1.54, 1.807) is 0 Å². The Balaban J connectivity index is 2.15. The molecule has 0 radical (unpaired) electrons. The topological polar surface area (TPSA) is 127 Å². The second kappa shape index (κ2) is 5.75. The number of tetrazole rings is 1. The van der Waals surface area contributed by atoms with Crippen LogP contribution in [0.2, 0.25) is 0 Å². The summed E-state index contributed by atoms with van der Waals surface area (Å²) >= 11 is 0. The fraction of sp³-hybridized carbons (Fsp3) is 0.200. The molecule has 0 saturated carbocycles. The largest absolute Gasteiger partial charge is 0.468 e. The molecule has 106 valence electrons. The summed E-state index contributed by atoms with van der Waals surface area (Å²) in [5, 5.41) is 13.3. The number of carbonyl (C=O) groups excluding carboxylic acids is 1. The van der Waals surface area contributed by atoms with Crippen LogP contribution in [-0.2, 0) is 19.6 Å². The smallest absolute Gasteiger partial charge is 0.320 e. The van der Waals surface area contributed by atoms with Crippen molar-refractivity contribution in [3.8, 4) is 11.4 Å². The molecule has 2 aromatic rings. The Kier molecular flexibility index (Phi) is 4.05. The van der Waals surface area contributed by atoms with Gasteiger partial charge < -0.3 is 4.74 Å². The first-order chi connectivity index (χ1) is 9.53. The van der Waals surface area contributed by atoms with Gasteiger partial charge in [-0.25, -0.2) is 8.42 Å². The van der Waals surface area contributed by atoms with Crippen molar-refractivity contribution < 1.29 is 17.9 Å². The van der Waals surface area contributed by atoms with Crippen molar-refractivity contribution in [2.45, 2.75) is 4.90 Å². The Morgan fingerprint density at radius 3 is 2.60 bits per heavy atom. The molecular weight excluding hydrogens is 286 g/mol. The first kappa shape index (κ1) is 14.1. The van der Waals surface area contributed by atoms with E-state index in [-0.39, 0.29) is 4.90 Å². The highest BCUT2D eigenvalue weighted by Crippen LogP contribution is 2.16. The van der Waals surface area contributed by atoms with Crippen LogP contribution in [0.3, 0.4) is 0 Å². The maximum Gasteiger partial charge on any atom is 0.320 e. The molecule has 0 amide bonds. The van der Waals surface area contributed by atoms with Gasteiger partial charge in [-0.1, -0.05) is 0 Å². The molecule has 0 aliphatic carbocycles. The molecule has 1 aromatic carbocycles. The summed E-state index contributed by atoms with van der Waals surface area (Å²) in [6, 6.07) is 5.84. The molecule has 0 aliphatic rings. The number of aromatic amines is 1. The van der Waals surface area contributed by atoms with Crippen molar-refractivity contribution in [2.75, 3.05) is 13.7 Å². The molecule has 0 bridgehead atoms. The van der Waals surface area contributed by atoms with E-state index in [1.807, 2.05) is 0 Å². The molecular formula is C10H11N5O4S. The van der Waals surface area contributed by atoms with E-state index in [2.05, 4.69) is 30.1 Å². The van der Waals surface area contributed by atoms with Crippen LogP contribution in [-0.4, -0.2) is 48.7 Å². The van der Waals surface area contributed by atoms with Crippen LogP contribution in [0.4, 0.5) is 0 Å². The lowest BCUT2D eigenvalue weighted by Gasteiger charge is -2.05. The summed E-state index contributed by atoms with van der Waals surface area (Å²) in [7, 11) is -2.59. The van der Waals surface area contributed by atoms with Gasteiger partial charge in [0.1, 0.15) is 6.54 Å². The minimum atomic E-state index is -3.77. The summed E-state index contributed by atoms with van der Waals surface area (Å²) in [6.07, 6.45) is 0. The van der Waals surface area contributed by atoms with Gasteiger partial charge in [0.25, 0.3) is 0 Å². The zero-order valence-electron chi connectivity index (χ0n) is 10.4. The van der Waals surface area contributed by atoms with E-state index < -0.39 is 22.5 Å². The maximum atomic E-state index is 11.9. The van der Waals surface area contributed by atoms with Crippen molar-refractivity contribution in [1.82, 2.24) is 25.3 Å². The Morgan fingerprint density at radius 2 is 2.05 bits per heavy atom. The lowest BCUT2D eigenvalue weighted by atomic mass is 10.2. The summed E-state index contributed by atoms with van der Waals surface area (Å²) < 4.78 is 30.2. The monoisotopic (exact) mass is 297 g/mol. The van der Waals surface area contributed by atoms with Crippen LogP contribution in [0, 0.1) is 0 Å². The molecule has 1 heterocycles. The average molecular weight is 297 g/mol. The molecule has 0 spiro atoms. The standard InChI is InChI=1S/C10H11N5O4S/c1-19-9(16)6-11-20(17,18)8-4-2-7(3-5-8)10-12-14-15-13-10/h2-5,11H,6H2,1H3,(H,12,13,14,15). The summed E-state index contributed by atoms with van der Waals surface area (Å²) in [5.41, 5.74) is 0.616. The summed E-state index contributed by atoms with van der Waals surface area (Å²) in [5.74, 6) is -0.312. The second-order valence-corrected chi connectivity index (χ2v) is 5.43. The van der Waals surface area contributed by atoms with Crippen LogP contribution in [0.5, 0.6) is 0 Å². The quantitative estimate of drug-likeness (QED) is 0.700. The van der Waals surface area contributed by atoms with Gasteiger partial charge in [0.05, 0.1) is 12.0 Å². The minimum Gasteiger partial charge on any atom is -0.468 e. The number of hydrogen-bond donors (Lipinski definition) is 2. The highest BCUT2D eigenvalue weighted by molar-refractivity contribution is 7.89. The first-order valence-electron chi connectivity index (χ1n) is 5.43. The van der Waals surface area contributed by atoms with E-state index in [4.69, 9.17) is 0 Å². The van der Waals surface area contributed by atoms with Crippen molar-refractivity contribution in [3.05, 3.63) is 24.3 Å². The number of sulfonamides is 1. The van der Waals surface area contributed by atoms with Gasteiger partial charge in [-0.15, -0.1) is 10.2 Å². The van der Waals surface area contributed by atoms with Gasteiger partial charge >= 0.3 is 5.97 Å². The van der Waals surface area contributed by atoms with Crippen molar-refractivity contribution >= 4 is 16.0 Å². The number of nitrogens with zero attached hydrogens (tertiary/aromatic N) is 3. The van der Waals surface area contributed by atoms with E-state index in [0.717, 1.165) is 0 Å². The van der Waals surface area contributed by atoms with Gasteiger partial charge in [-0.2, -0.15) is 9.94 Å². The average Bonchev–Trinajstić information content (AvgIpc) is 2.99. The van der Waals surface area contributed by atoms with E-state index in [9.17, 15) is 13.2 Å². The molecule has 10 heteroatoms. The predicted molar refractivity (Wildman–Crippen MR) is 66.8 cm³/mol. The third-order valence-electron chi connectivity index (χ3n) is 2.40. The number of H-pyrrole nitrogens is 1. The summed E-state index contributed by atoms with van der Waals surface area (Å²) in [4.78, 5) is 10.9. The van der Waals surface area contributed by atoms with Crippen LogP contribution in [0.15, 0.2) is 29.2 Å². The summed E-state index contributed by atoms with van der Waals surface area (Å²) in [6.45, 7) is -0.425. The molecule has 9 nitrogen and oxygen atoms in total. The lowest BCUT2D eigenvalue weighted by molar-refractivity contribution is -0.139. The first-order valence-corrected chi connectivity index (χ1v) is 6.91. The van der Waals surface area contributed by atoms with Crippen LogP contribution in [0.1, 0.15) is 0 Å². The Bertz CT molecular complexity index is 681. The van der Waals surface area contributed by atoms with Gasteiger partial charge in [-0.3, -0.25) is 4.79 Å². The molecule has 1 aromatic heterocycles. The third kappa shape index (κ3) is 3.16. The molecule has 0 unspecified atom stereocenters. The van der Waals surface area contributed by atoms with Crippen molar-refractivity contribution in [3.63, 3.8) is 0 Å². The molecule has 20 heavy (non-hydrogen) atoms. The molecule has 0 aliphatic heterocycles. The maximum absolute atomic E-state index is 11.9. The van der Waals surface area contributed by atoms with E-state index in [0.29, 0.717) is 11.4 Å². The number of benzene rings is 1. The van der Waals surface area contributed by atoms with Crippen LogP contribution >= 0.6 is 0 Å². The molecule has 2 N–H and O–H groups in total. The molecule has 0 atom stereocenters. The zero-order chi connectivity index (χ0) is 14.6. The van der Waals surface area contributed by atoms with Gasteiger partial charge in [0, 0.05) is 5.56 Å². The number of methoxy groups -OCH3 is 1. The van der Waals surface area contributed by atoms with Crippen molar-refractivity contribution in [1.29, 1.82) is 0 Å². The second-order valence-electron chi connectivity index (χ2n) is 3.66. The molecule has 0 fully saturated rings. The fourth-order valence-corrected chi connectivity index (χ4v) is 2.35. The number of hydrogen-bond acceptors (Lipinski definition) is 7. The van der Waals surface area contributed by atoms with Gasteiger partial charge in [-0.05, 0) is 29.5 Å². The minimum absolute atomic E-state index is 0.0219. The zero-order valence-corrected chi connectivity index (χ0v) is 11.2. The van der Waals surface area contributed by atoms with Crippen LogP contribution < -0.4 is 4.72 Å². The SMILES string of the molecule is COC(=O)CNS(=O)(=O)c1ccc(-c2nn[nH]n2)cc1. The Labute approximate surface area is 114 Å². The molecule has 2 rings (SSSR count). The Hall–Kier alpha value is -2.33. The number of carbonyl (C=O) groups is 1. The number of nitrogens with one attached hydrogen (secondary N) is 2. The number of rotatable bonds is 5. The van der Waals surface area contributed by atoms with E-state index in [1.165, 1.54) is 31.4 Å². The molecule has 0 saturated heterocycles. The van der Waals surface area contributed by atoms with Crippen LogP contribution in [0.25, 0.3) is 11.4 Å². The predicted octanol–water partition coefficient (Wildman–Crippen LogP) is -0.682. The number of ether oxygens (including phenoxy) is 1. The Morgan fingerprint density at radius 1 is 1.35 bits per heavy atom. The highest BCUT2D eigenvalue weighted by Gasteiger charge is 2.16. The number of aromatic nitrogens is 4. The normalized spacial score (nSPS) is 11.2. The van der Waals surface area contributed by atoms with E-state index >= 15 is 0 Å². The highest BCUT2D eigenvalue weighted by atomic mass is 32.2. The fourth-order valence-electron chi connectivity index (χ4n) is 1.38.